The third-order valence-electron chi connectivity index (χ3n) is 3.36. The molecule has 120 valence electrons. The fourth-order valence-electron chi connectivity index (χ4n) is 1.99. The van der Waals surface area contributed by atoms with Crippen LogP contribution in [0.2, 0.25) is 0 Å². The maximum absolute atomic E-state index is 12.2. The molecule has 1 aliphatic rings. The van der Waals surface area contributed by atoms with E-state index in [1.54, 1.807) is 13.2 Å². The van der Waals surface area contributed by atoms with Crippen LogP contribution >= 0.6 is 11.3 Å². The molecule has 0 saturated heterocycles. The number of hydrogen-bond donors (Lipinski definition) is 2. The van der Waals surface area contributed by atoms with Crippen LogP contribution in [0.15, 0.2) is 16.3 Å². The summed E-state index contributed by atoms with van der Waals surface area (Å²) in [6.45, 7) is 3.82. The molecule has 0 spiro atoms. The average molecular weight is 332 g/mol. The Labute approximate surface area is 131 Å². The summed E-state index contributed by atoms with van der Waals surface area (Å²) in [5.41, 5.74) is 0. The molecule has 2 N–H and O–H groups in total. The maximum Gasteiger partial charge on any atom is 0.250 e. The zero-order chi connectivity index (χ0) is 15.3. The normalized spacial score (nSPS) is 17.0. The smallest absolute Gasteiger partial charge is 0.250 e. The Morgan fingerprint density at radius 3 is 2.86 bits per heavy atom. The lowest BCUT2D eigenvalue weighted by molar-refractivity contribution is 0.161. The van der Waals surface area contributed by atoms with Gasteiger partial charge < -0.3 is 10.1 Å². The van der Waals surface area contributed by atoms with E-state index < -0.39 is 10.0 Å². The molecule has 1 saturated carbocycles. The molecule has 7 heteroatoms. The molecule has 1 atom stereocenters. The average Bonchev–Trinajstić information content (AvgIpc) is 3.12. The third-order valence-corrected chi connectivity index (χ3v) is 6.42. The topological polar surface area (TPSA) is 67.4 Å². The highest BCUT2D eigenvalue weighted by Gasteiger charge is 2.20. The highest BCUT2D eigenvalue weighted by atomic mass is 32.2. The Balaban J connectivity index is 1.82. The first-order valence-corrected chi connectivity index (χ1v) is 9.62. The summed E-state index contributed by atoms with van der Waals surface area (Å²) in [5.74, 6) is 0.159. The van der Waals surface area contributed by atoms with Crippen LogP contribution in [0, 0.1) is 5.92 Å². The van der Waals surface area contributed by atoms with Crippen molar-refractivity contribution in [2.45, 2.75) is 36.4 Å². The fraction of sp³-hybridized carbons (Fsp3) is 0.714. The van der Waals surface area contributed by atoms with Gasteiger partial charge in [0.2, 0.25) is 10.0 Å². The molecule has 1 aromatic rings. The first-order valence-electron chi connectivity index (χ1n) is 7.32. The van der Waals surface area contributed by atoms with Crippen molar-refractivity contribution in [3.63, 3.8) is 0 Å². The molecule has 2 rings (SSSR count). The SMILES string of the molecule is COCC(C)CNS(=O)(=O)c1ccc(CCNC2CC2)s1. The van der Waals surface area contributed by atoms with Crippen LogP contribution < -0.4 is 10.0 Å². The summed E-state index contributed by atoms with van der Waals surface area (Å²) in [6, 6.07) is 4.30. The highest BCUT2D eigenvalue weighted by Crippen LogP contribution is 2.23. The minimum atomic E-state index is -3.39. The summed E-state index contributed by atoms with van der Waals surface area (Å²) < 4.78 is 32.4. The zero-order valence-corrected chi connectivity index (χ0v) is 14.2. The number of thiophene rings is 1. The summed E-state index contributed by atoms with van der Waals surface area (Å²) in [4.78, 5) is 1.11. The van der Waals surface area contributed by atoms with Gasteiger partial charge in [0.15, 0.2) is 0 Å². The Bertz CT molecular complexity index is 538. The standard InChI is InChI=1S/C14H24N2O3S2/c1-11(10-19-2)9-16-21(17,18)14-6-5-13(20-14)7-8-15-12-3-4-12/h5-6,11-12,15-16H,3-4,7-10H2,1-2H3. The van der Waals surface area contributed by atoms with Gasteiger partial charge in [-0.3, -0.25) is 0 Å². The van der Waals surface area contributed by atoms with E-state index >= 15 is 0 Å². The van der Waals surface area contributed by atoms with Crippen LogP contribution in [0.25, 0.3) is 0 Å². The second kappa shape index (κ2) is 7.69. The van der Waals surface area contributed by atoms with E-state index in [1.807, 2.05) is 13.0 Å². The Kier molecular flexibility index (Phi) is 6.19. The molecule has 0 radical (unpaired) electrons. The Morgan fingerprint density at radius 2 is 2.19 bits per heavy atom. The molecule has 21 heavy (non-hydrogen) atoms. The molecule has 0 aliphatic heterocycles. The molecule has 1 aromatic heterocycles. The molecule has 0 amide bonds. The van der Waals surface area contributed by atoms with E-state index in [9.17, 15) is 8.42 Å². The van der Waals surface area contributed by atoms with Crippen molar-refractivity contribution in [3.8, 4) is 0 Å². The number of ether oxygens (including phenoxy) is 1. The van der Waals surface area contributed by atoms with Gasteiger partial charge in [-0.25, -0.2) is 13.1 Å². The molecule has 5 nitrogen and oxygen atoms in total. The Hall–Kier alpha value is -0.470. The molecule has 1 fully saturated rings. The number of sulfonamides is 1. The van der Waals surface area contributed by atoms with E-state index in [4.69, 9.17) is 4.74 Å². The fourth-order valence-corrected chi connectivity index (χ4v) is 4.56. The zero-order valence-electron chi connectivity index (χ0n) is 12.6. The summed E-state index contributed by atoms with van der Waals surface area (Å²) in [6.07, 6.45) is 3.43. The van der Waals surface area contributed by atoms with Gasteiger partial charge in [-0.1, -0.05) is 6.92 Å². The van der Waals surface area contributed by atoms with Crippen molar-refractivity contribution in [1.29, 1.82) is 0 Å². The van der Waals surface area contributed by atoms with Crippen molar-refractivity contribution in [2.24, 2.45) is 5.92 Å². The molecule has 1 aliphatic carbocycles. The monoisotopic (exact) mass is 332 g/mol. The van der Waals surface area contributed by atoms with Gasteiger partial charge in [0.05, 0.1) is 0 Å². The quantitative estimate of drug-likeness (QED) is 0.683. The largest absolute Gasteiger partial charge is 0.384 e. The molecule has 1 heterocycles. The van der Waals surface area contributed by atoms with Gasteiger partial charge in [-0.15, -0.1) is 11.3 Å². The van der Waals surface area contributed by atoms with Crippen LogP contribution in [0.3, 0.4) is 0 Å². The van der Waals surface area contributed by atoms with Crippen LogP contribution in [0.4, 0.5) is 0 Å². The van der Waals surface area contributed by atoms with Gasteiger partial charge in [0.1, 0.15) is 4.21 Å². The van der Waals surface area contributed by atoms with Crippen molar-refractivity contribution < 1.29 is 13.2 Å². The lowest BCUT2D eigenvalue weighted by Gasteiger charge is -2.10. The first-order chi connectivity index (χ1) is 10.0. The predicted octanol–water partition coefficient (Wildman–Crippen LogP) is 1.60. The van der Waals surface area contributed by atoms with Crippen LogP contribution in [0.5, 0.6) is 0 Å². The summed E-state index contributed by atoms with van der Waals surface area (Å²) >= 11 is 1.36. The first kappa shape index (κ1) is 16.9. The second-order valence-corrected chi connectivity index (χ2v) is 8.77. The number of nitrogens with one attached hydrogen (secondary N) is 2. The van der Waals surface area contributed by atoms with Crippen LogP contribution in [-0.4, -0.2) is 41.3 Å². The number of hydrogen-bond acceptors (Lipinski definition) is 5. The van der Waals surface area contributed by atoms with E-state index in [0.717, 1.165) is 17.8 Å². The lowest BCUT2D eigenvalue weighted by Crippen LogP contribution is -2.29. The molecule has 0 aromatic carbocycles. The minimum Gasteiger partial charge on any atom is -0.384 e. The van der Waals surface area contributed by atoms with Gasteiger partial charge in [-0.05, 0) is 37.3 Å². The maximum atomic E-state index is 12.2. The van der Waals surface area contributed by atoms with Crippen molar-refractivity contribution in [1.82, 2.24) is 10.0 Å². The van der Waals surface area contributed by atoms with Gasteiger partial charge in [0, 0.05) is 37.7 Å². The lowest BCUT2D eigenvalue weighted by atomic mass is 10.2. The highest BCUT2D eigenvalue weighted by molar-refractivity contribution is 7.91. The van der Waals surface area contributed by atoms with E-state index in [-0.39, 0.29) is 5.92 Å². The number of rotatable bonds is 10. The second-order valence-electron chi connectivity index (χ2n) is 5.61. The predicted molar refractivity (Wildman–Crippen MR) is 85.3 cm³/mol. The molecule has 0 bridgehead atoms. The Morgan fingerprint density at radius 1 is 1.43 bits per heavy atom. The van der Waals surface area contributed by atoms with Gasteiger partial charge >= 0.3 is 0 Å². The molecule has 1 unspecified atom stereocenters. The number of methoxy groups -OCH3 is 1. The van der Waals surface area contributed by atoms with Crippen molar-refractivity contribution >= 4 is 21.4 Å². The minimum absolute atomic E-state index is 0.159. The molecular weight excluding hydrogens is 308 g/mol. The van der Waals surface area contributed by atoms with E-state index in [2.05, 4.69) is 10.0 Å². The summed E-state index contributed by atoms with van der Waals surface area (Å²) in [7, 11) is -1.77. The van der Waals surface area contributed by atoms with Gasteiger partial charge in [-0.2, -0.15) is 0 Å². The van der Waals surface area contributed by atoms with Crippen LogP contribution in [0.1, 0.15) is 24.6 Å². The van der Waals surface area contributed by atoms with Gasteiger partial charge in [0.25, 0.3) is 0 Å². The van der Waals surface area contributed by atoms with Crippen molar-refractivity contribution in [2.75, 3.05) is 26.8 Å². The summed E-state index contributed by atoms with van der Waals surface area (Å²) in [5, 5.41) is 3.43. The van der Waals surface area contributed by atoms with E-state index in [0.29, 0.717) is 23.4 Å². The van der Waals surface area contributed by atoms with E-state index in [1.165, 1.54) is 24.2 Å². The van der Waals surface area contributed by atoms with Crippen LogP contribution in [-0.2, 0) is 21.2 Å². The van der Waals surface area contributed by atoms with Crippen molar-refractivity contribution in [3.05, 3.63) is 17.0 Å². The third kappa shape index (κ3) is 5.67. The molecular formula is C14H24N2O3S2.